The van der Waals surface area contributed by atoms with Crippen LogP contribution in [0.5, 0.6) is 11.5 Å². The standard InChI is InChI=1S/C21H23N3O3S2/c1-26-17-10-14-5-7-24(12-15(14)11-18(17)27-2)8-6-22-20(25)16-13-29-21(23-16)19-4-3-9-28-19/h3-4,9-11,13H,5-8,12H2,1-2H3,(H,22,25). The van der Waals surface area contributed by atoms with Gasteiger partial charge in [-0.3, -0.25) is 9.69 Å². The molecule has 0 atom stereocenters. The van der Waals surface area contributed by atoms with E-state index < -0.39 is 0 Å². The molecule has 1 aliphatic rings. The van der Waals surface area contributed by atoms with Crippen LogP contribution in [0.4, 0.5) is 0 Å². The SMILES string of the molecule is COc1cc2c(cc1OC)CN(CCNC(=O)c1csc(-c3cccs3)n1)CC2. The number of ether oxygens (including phenoxy) is 2. The molecule has 0 radical (unpaired) electrons. The molecule has 0 aliphatic carbocycles. The number of aromatic nitrogens is 1. The first-order valence-electron chi connectivity index (χ1n) is 9.41. The summed E-state index contributed by atoms with van der Waals surface area (Å²) < 4.78 is 10.8. The first-order chi connectivity index (χ1) is 14.2. The Labute approximate surface area is 178 Å². The Morgan fingerprint density at radius 2 is 2.00 bits per heavy atom. The second-order valence-corrected chi connectivity index (χ2v) is 8.58. The molecule has 0 fully saturated rings. The Kier molecular flexibility index (Phi) is 6.13. The summed E-state index contributed by atoms with van der Waals surface area (Å²) in [5.74, 6) is 1.41. The van der Waals surface area contributed by atoms with Crippen LogP contribution in [0, 0.1) is 0 Å². The molecule has 29 heavy (non-hydrogen) atoms. The van der Waals surface area contributed by atoms with E-state index in [0.29, 0.717) is 12.2 Å². The van der Waals surface area contributed by atoms with Crippen molar-refractivity contribution in [1.82, 2.24) is 15.2 Å². The minimum atomic E-state index is -0.118. The van der Waals surface area contributed by atoms with Gasteiger partial charge in [-0.05, 0) is 41.1 Å². The zero-order chi connectivity index (χ0) is 20.2. The number of hydrogen-bond acceptors (Lipinski definition) is 7. The monoisotopic (exact) mass is 429 g/mol. The van der Waals surface area contributed by atoms with Gasteiger partial charge in [0.1, 0.15) is 10.7 Å². The molecule has 1 aromatic carbocycles. The Morgan fingerprint density at radius 1 is 1.21 bits per heavy atom. The molecular formula is C21H23N3O3S2. The van der Waals surface area contributed by atoms with Crippen molar-refractivity contribution in [3.8, 4) is 21.4 Å². The molecule has 4 rings (SSSR count). The summed E-state index contributed by atoms with van der Waals surface area (Å²) in [7, 11) is 3.32. The van der Waals surface area contributed by atoms with E-state index in [4.69, 9.17) is 9.47 Å². The fourth-order valence-corrected chi connectivity index (χ4v) is 5.06. The predicted molar refractivity (Wildman–Crippen MR) is 116 cm³/mol. The average Bonchev–Trinajstić information content (AvgIpc) is 3.44. The molecule has 0 saturated carbocycles. The van der Waals surface area contributed by atoms with E-state index in [1.54, 1.807) is 25.6 Å². The van der Waals surface area contributed by atoms with Gasteiger partial charge >= 0.3 is 0 Å². The van der Waals surface area contributed by atoms with Gasteiger partial charge in [-0.2, -0.15) is 0 Å². The van der Waals surface area contributed by atoms with Crippen LogP contribution in [0.2, 0.25) is 0 Å². The van der Waals surface area contributed by atoms with Crippen LogP contribution < -0.4 is 14.8 Å². The summed E-state index contributed by atoms with van der Waals surface area (Å²) in [5.41, 5.74) is 3.03. The summed E-state index contributed by atoms with van der Waals surface area (Å²) in [6, 6.07) is 8.13. The molecule has 0 spiro atoms. The number of rotatable bonds is 7. The van der Waals surface area contributed by atoms with E-state index in [0.717, 1.165) is 47.4 Å². The van der Waals surface area contributed by atoms with Gasteiger partial charge in [-0.15, -0.1) is 22.7 Å². The zero-order valence-corrected chi connectivity index (χ0v) is 18.1. The van der Waals surface area contributed by atoms with Crippen LogP contribution in [0.1, 0.15) is 21.6 Å². The Morgan fingerprint density at radius 3 is 2.72 bits per heavy atom. The molecule has 2 aromatic heterocycles. The molecule has 1 amide bonds. The number of carbonyl (C=O) groups excluding carboxylic acids is 1. The van der Waals surface area contributed by atoms with Crippen LogP contribution in [0.25, 0.3) is 9.88 Å². The van der Waals surface area contributed by atoms with Crippen LogP contribution in [0.3, 0.4) is 0 Å². The molecule has 0 unspecified atom stereocenters. The third-order valence-electron chi connectivity index (χ3n) is 4.98. The van der Waals surface area contributed by atoms with Crippen molar-refractivity contribution < 1.29 is 14.3 Å². The summed E-state index contributed by atoms with van der Waals surface area (Å²) >= 11 is 3.13. The van der Waals surface area contributed by atoms with Crippen molar-refractivity contribution in [3.63, 3.8) is 0 Å². The lowest BCUT2D eigenvalue weighted by Crippen LogP contribution is -2.38. The summed E-state index contributed by atoms with van der Waals surface area (Å²) in [6.07, 6.45) is 0.958. The van der Waals surface area contributed by atoms with Gasteiger partial charge in [0.05, 0.1) is 19.1 Å². The average molecular weight is 430 g/mol. The number of benzene rings is 1. The van der Waals surface area contributed by atoms with Crippen molar-refractivity contribution in [3.05, 3.63) is 51.8 Å². The maximum atomic E-state index is 12.4. The third-order valence-corrected chi connectivity index (χ3v) is 6.86. The molecule has 1 aliphatic heterocycles. The number of thiazole rings is 1. The minimum Gasteiger partial charge on any atom is -0.493 e. The van der Waals surface area contributed by atoms with Crippen molar-refractivity contribution in [2.45, 2.75) is 13.0 Å². The Hall–Kier alpha value is -2.42. The zero-order valence-electron chi connectivity index (χ0n) is 16.4. The molecule has 152 valence electrons. The fraction of sp³-hybridized carbons (Fsp3) is 0.333. The molecule has 3 heterocycles. The highest BCUT2D eigenvalue weighted by Crippen LogP contribution is 2.33. The second-order valence-electron chi connectivity index (χ2n) is 6.77. The Balaban J connectivity index is 1.31. The third kappa shape index (κ3) is 4.44. The van der Waals surface area contributed by atoms with Gasteiger partial charge < -0.3 is 14.8 Å². The lowest BCUT2D eigenvalue weighted by Gasteiger charge is -2.29. The number of thiophene rings is 1. The maximum Gasteiger partial charge on any atom is 0.270 e. The van der Waals surface area contributed by atoms with Gasteiger partial charge in [0.25, 0.3) is 5.91 Å². The number of fused-ring (bicyclic) bond motifs is 1. The number of hydrogen-bond donors (Lipinski definition) is 1. The van der Waals surface area contributed by atoms with Gasteiger partial charge in [0.15, 0.2) is 11.5 Å². The van der Waals surface area contributed by atoms with Crippen molar-refractivity contribution in [2.75, 3.05) is 33.9 Å². The van der Waals surface area contributed by atoms with Crippen LogP contribution >= 0.6 is 22.7 Å². The normalized spacial score (nSPS) is 13.7. The van der Waals surface area contributed by atoms with Crippen molar-refractivity contribution in [2.24, 2.45) is 0 Å². The van der Waals surface area contributed by atoms with Crippen LogP contribution in [-0.2, 0) is 13.0 Å². The molecule has 0 bridgehead atoms. The molecule has 6 nitrogen and oxygen atoms in total. The van der Waals surface area contributed by atoms with Crippen molar-refractivity contribution in [1.29, 1.82) is 0 Å². The Bertz CT molecular complexity index is 985. The largest absolute Gasteiger partial charge is 0.493 e. The second kappa shape index (κ2) is 8.94. The van der Waals surface area contributed by atoms with Gasteiger partial charge in [0, 0.05) is 31.6 Å². The van der Waals surface area contributed by atoms with E-state index in [1.807, 2.05) is 22.9 Å². The van der Waals surface area contributed by atoms with Crippen molar-refractivity contribution >= 4 is 28.6 Å². The first kappa shape index (κ1) is 19.9. The quantitative estimate of drug-likeness (QED) is 0.621. The van der Waals surface area contributed by atoms with Crippen LogP contribution in [0.15, 0.2) is 35.0 Å². The highest BCUT2D eigenvalue weighted by atomic mass is 32.1. The topological polar surface area (TPSA) is 63.7 Å². The summed E-state index contributed by atoms with van der Waals surface area (Å²) in [4.78, 5) is 20.3. The summed E-state index contributed by atoms with van der Waals surface area (Å²) in [5, 5.41) is 7.72. The lowest BCUT2D eigenvalue weighted by atomic mass is 9.99. The number of nitrogens with one attached hydrogen (secondary N) is 1. The van der Waals surface area contributed by atoms with E-state index in [1.165, 1.54) is 22.5 Å². The van der Waals surface area contributed by atoms with Crippen LogP contribution in [-0.4, -0.2) is 49.6 Å². The molecular weight excluding hydrogens is 406 g/mol. The predicted octanol–water partition coefficient (Wildman–Crippen LogP) is 3.68. The van der Waals surface area contributed by atoms with Gasteiger partial charge in [0.2, 0.25) is 0 Å². The molecule has 0 saturated heterocycles. The van der Waals surface area contributed by atoms with Gasteiger partial charge in [-0.1, -0.05) is 6.07 Å². The lowest BCUT2D eigenvalue weighted by molar-refractivity contribution is 0.0943. The smallest absolute Gasteiger partial charge is 0.270 e. The number of nitrogens with zero attached hydrogens (tertiary/aromatic N) is 2. The van der Waals surface area contributed by atoms with E-state index in [9.17, 15) is 4.79 Å². The fourth-order valence-electron chi connectivity index (χ4n) is 3.44. The summed E-state index contributed by atoms with van der Waals surface area (Å²) in [6.45, 7) is 3.18. The molecule has 3 aromatic rings. The van der Waals surface area contributed by atoms with Gasteiger partial charge in [-0.25, -0.2) is 4.98 Å². The first-order valence-corrected chi connectivity index (χ1v) is 11.2. The molecule has 8 heteroatoms. The number of amides is 1. The number of carbonyl (C=O) groups is 1. The molecule has 1 N–H and O–H groups in total. The number of methoxy groups -OCH3 is 2. The highest BCUT2D eigenvalue weighted by molar-refractivity contribution is 7.20. The highest BCUT2D eigenvalue weighted by Gasteiger charge is 2.19. The maximum absolute atomic E-state index is 12.4. The van der Waals surface area contributed by atoms with E-state index >= 15 is 0 Å². The van der Waals surface area contributed by atoms with E-state index in [-0.39, 0.29) is 5.91 Å². The minimum absolute atomic E-state index is 0.118. The van der Waals surface area contributed by atoms with E-state index in [2.05, 4.69) is 27.3 Å².